The molecule has 4 rings (SSSR count). The Morgan fingerprint density at radius 3 is 2.73 bits per heavy atom. The van der Waals surface area contributed by atoms with Gasteiger partial charge in [-0.15, -0.1) is 13.8 Å². The third kappa shape index (κ3) is 4.08. The van der Waals surface area contributed by atoms with Crippen LogP contribution in [0.4, 0.5) is 8.78 Å². The van der Waals surface area contributed by atoms with E-state index in [0.717, 1.165) is 11.8 Å². The Morgan fingerprint density at radius 1 is 1.17 bits per heavy atom. The lowest BCUT2D eigenvalue weighted by molar-refractivity contribution is -0.332. The highest BCUT2D eigenvalue weighted by atomic mass is 19.3. The summed E-state index contributed by atoms with van der Waals surface area (Å²) in [7, 11) is 0. The Hall–Kier alpha value is -3.54. The summed E-state index contributed by atoms with van der Waals surface area (Å²) in [6.07, 6.45) is -3.39. The van der Waals surface area contributed by atoms with Gasteiger partial charge in [0.25, 0.3) is 5.91 Å². The fourth-order valence-corrected chi connectivity index (χ4v) is 2.97. The Kier molecular flexibility index (Phi) is 5.31. The molecule has 2 aromatic carbocycles. The molecule has 1 atom stereocenters. The molecule has 2 heterocycles. The Morgan fingerprint density at radius 2 is 1.97 bits per heavy atom. The van der Waals surface area contributed by atoms with Crippen molar-refractivity contribution < 1.29 is 37.4 Å². The molecule has 9 nitrogen and oxygen atoms in total. The number of carbonyl (C=O) groups excluding carboxylic acids is 1. The van der Waals surface area contributed by atoms with E-state index < -0.39 is 18.4 Å². The van der Waals surface area contributed by atoms with Crippen LogP contribution in [0.2, 0.25) is 0 Å². The van der Waals surface area contributed by atoms with Crippen molar-refractivity contribution in [3.8, 4) is 22.8 Å². The molecule has 1 aromatic heterocycles. The predicted octanol–water partition coefficient (Wildman–Crippen LogP) is 2.78. The van der Waals surface area contributed by atoms with Crippen LogP contribution in [0.25, 0.3) is 11.3 Å². The summed E-state index contributed by atoms with van der Waals surface area (Å²) in [4.78, 5) is 21.9. The lowest BCUT2D eigenvalue weighted by Gasteiger charge is -2.16. The minimum absolute atomic E-state index is 0.0408. The molecule has 1 aliphatic heterocycles. The largest absolute Gasteiger partial charge is 0.586 e. The maximum atomic E-state index is 13.5. The van der Waals surface area contributed by atoms with E-state index in [-0.39, 0.29) is 34.8 Å². The molecule has 0 bridgehead atoms. The molecule has 1 unspecified atom stereocenters. The number of fused-ring (bicyclic) bond motifs is 1. The standard InChI is InChI=1S/C19H15F2N3O6/c20-19(21)26-14-8-4-7-12(17(14)27-19)16-13(10-23-28-16)18(25)24-15(29-30-22)9-11-5-2-1-3-6-11/h1-8,10,15H,9,22H2,(H,24,25). The number of hydrogen-bond donors (Lipinski definition) is 2. The molecular formula is C19H15F2N3O6. The van der Waals surface area contributed by atoms with Crippen molar-refractivity contribution in [1.82, 2.24) is 10.5 Å². The van der Waals surface area contributed by atoms with Gasteiger partial charge in [0.05, 0.1) is 11.8 Å². The Bertz CT molecular complexity index is 1040. The number of ether oxygens (including phenoxy) is 2. The van der Waals surface area contributed by atoms with Gasteiger partial charge in [-0.05, 0) is 17.7 Å². The number of aromatic nitrogens is 1. The summed E-state index contributed by atoms with van der Waals surface area (Å²) < 4.78 is 41.0. The van der Waals surface area contributed by atoms with Crippen molar-refractivity contribution in [2.75, 3.05) is 0 Å². The molecular weight excluding hydrogens is 404 g/mol. The minimum atomic E-state index is -3.83. The Labute approximate surface area is 168 Å². The predicted molar refractivity (Wildman–Crippen MR) is 95.9 cm³/mol. The van der Waals surface area contributed by atoms with Crippen LogP contribution in [0.3, 0.4) is 0 Å². The number of nitrogens with one attached hydrogen (secondary N) is 1. The van der Waals surface area contributed by atoms with Gasteiger partial charge >= 0.3 is 6.29 Å². The molecule has 156 valence electrons. The van der Waals surface area contributed by atoms with Crippen molar-refractivity contribution in [1.29, 1.82) is 0 Å². The lowest BCUT2D eigenvalue weighted by Crippen LogP contribution is -2.39. The number of para-hydroxylation sites is 1. The van der Waals surface area contributed by atoms with Crippen LogP contribution in [-0.2, 0) is 16.3 Å². The maximum Gasteiger partial charge on any atom is 0.586 e. The third-order valence-corrected chi connectivity index (χ3v) is 4.22. The third-order valence-electron chi connectivity index (χ3n) is 4.22. The molecule has 3 N–H and O–H groups in total. The van der Waals surface area contributed by atoms with Crippen molar-refractivity contribution in [3.05, 3.63) is 65.9 Å². The monoisotopic (exact) mass is 419 g/mol. The highest BCUT2D eigenvalue weighted by Gasteiger charge is 2.45. The number of rotatable bonds is 7. The molecule has 1 aliphatic rings. The summed E-state index contributed by atoms with van der Waals surface area (Å²) in [5.41, 5.74) is 0.878. The van der Waals surface area contributed by atoms with Crippen LogP contribution < -0.4 is 20.7 Å². The van der Waals surface area contributed by atoms with E-state index >= 15 is 0 Å². The van der Waals surface area contributed by atoms with Crippen molar-refractivity contribution >= 4 is 5.91 Å². The minimum Gasteiger partial charge on any atom is -0.395 e. The number of hydrogen-bond acceptors (Lipinski definition) is 8. The first kappa shape index (κ1) is 19.8. The first-order chi connectivity index (χ1) is 14.5. The summed E-state index contributed by atoms with van der Waals surface area (Å²) >= 11 is 0. The second kappa shape index (κ2) is 8.06. The van der Waals surface area contributed by atoms with Crippen LogP contribution in [0.1, 0.15) is 15.9 Å². The molecule has 0 saturated carbocycles. The number of nitrogens with two attached hydrogens (primary N) is 1. The van der Waals surface area contributed by atoms with Crippen LogP contribution in [0.15, 0.2) is 59.3 Å². The van der Waals surface area contributed by atoms with E-state index in [2.05, 4.69) is 24.9 Å². The van der Waals surface area contributed by atoms with Crippen molar-refractivity contribution in [3.63, 3.8) is 0 Å². The van der Waals surface area contributed by atoms with E-state index in [0.29, 0.717) is 0 Å². The van der Waals surface area contributed by atoms with Crippen molar-refractivity contribution in [2.45, 2.75) is 18.9 Å². The van der Waals surface area contributed by atoms with Gasteiger partial charge in [0, 0.05) is 6.42 Å². The van der Waals surface area contributed by atoms with E-state index in [9.17, 15) is 13.6 Å². The summed E-state index contributed by atoms with van der Waals surface area (Å²) in [5.74, 6) is 3.77. The van der Waals surface area contributed by atoms with E-state index in [1.807, 2.05) is 30.3 Å². The molecule has 0 saturated heterocycles. The van der Waals surface area contributed by atoms with Gasteiger partial charge in [-0.2, -0.15) is 10.8 Å². The smallest absolute Gasteiger partial charge is 0.395 e. The van der Waals surface area contributed by atoms with Gasteiger partial charge in [-0.3, -0.25) is 4.79 Å². The normalized spacial score (nSPS) is 15.0. The molecule has 3 aromatic rings. The SMILES string of the molecule is NOOC(Cc1ccccc1)NC(=O)c1cnoc1-c1cccc2c1OC(F)(F)O2. The number of amides is 1. The van der Waals surface area contributed by atoms with Gasteiger partial charge in [0.2, 0.25) is 0 Å². The van der Waals surface area contributed by atoms with Gasteiger partial charge in [-0.1, -0.05) is 41.6 Å². The lowest BCUT2D eigenvalue weighted by atomic mass is 10.1. The van der Waals surface area contributed by atoms with Gasteiger partial charge < -0.3 is 19.3 Å². The number of halogens is 2. The van der Waals surface area contributed by atoms with Gasteiger partial charge in [0.1, 0.15) is 5.56 Å². The zero-order chi connectivity index (χ0) is 21.1. The first-order valence-electron chi connectivity index (χ1n) is 8.68. The van der Waals surface area contributed by atoms with E-state index in [4.69, 9.17) is 15.3 Å². The molecule has 1 amide bonds. The van der Waals surface area contributed by atoms with Crippen molar-refractivity contribution in [2.24, 2.45) is 5.90 Å². The molecule has 0 radical (unpaired) electrons. The molecule has 30 heavy (non-hydrogen) atoms. The average molecular weight is 419 g/mol. The number of nitrogens with zero attached hydrogens (tertiary/aromatic N) is 1. The second-order valence-electron chi connectivity index (χ2n) is 6.21. The van der Waals surface area contributed by atoms with Crippen LogP contribution in [0, 0.1) is 0 Å². The highest BCUT2D eigenvalue weighted by Crippen LogP contribution is 2.47. The summed E-state index contributed by atoms with van der Waals surface area (Å²) in [5, 5.41) is 6.18. The average Bonchev–Trinajstić information content (AvgIpc) is 3.31. The molecule has 11 heteroatoms. The number of benzene rings is 2. The zero-order valence-corrected chi connectivity index (χ0v) is 15.2. The molecule has 0 spiro atoms. The van der Waals surface area contributed by atoms with E-state index in [1.54, 1.807) is 0 Å². The fraction of sp³-hybridized carbons (Fsp3) is 0.158. The summed E-state index contributed by atoms with van der Waals surface area (Å²) in [6.45, 7) is 0. The summed E-state index contributed by atoms with van der Waals surface area (Å²) in [6, 6.07) is 13.3. The Balaban J connectivity index is 1.58. The van der Waals surface area contributed by atoms with Crippen LogP contribution in [0.5, 0.6) is 11.5 Å². The molecule has 0 aliphatic carbocycles. The van der Waals surface area contributed by atoms with Crippen LogP contribution >= 0.6 is 0 Å². The van der Waals surface area contributed by atoms with Gasteiger partial charge in [0.15, 0.2) is 23.5 Å². The van der Waals surface area contributed by atoms with Crippen LogP contribution in [-0.4, -0.2) is 23.6 Å². The first-order valence-corrected chi connectivity index (χ1v) is 8.68. The highest BCUT2D eigenvalue weighted by molar-refractivity contribution is 6.00. The van der Waals surface area contributed by atoms with Gasteiger partial charge in [-0.25, -0.2) is 0 Å². The quantitative estimate of drug-likeness (QED) is 0.341. The van der Waals surface area contributed by atoms with E-state index in [1.165, 1.54) is 18.2 Å². The number of carbonyl (C=O) groups is 1. The second-order valence-corrected chi connectivity index (χ2v) is 6.21. The molecule has 0 fully saturated rings. The fourth-order valence-electron chi connectivity index (χ4n) is 2.97. The zero-order valence-electron chi connectivity index (χ0n) is 15.2. The maximum absolute atomic E-state index is 13.5. The number of alkyl halides is 2. The topological polar surface area (TPSA) is 118 Å².